The number of carbonyl (C=O) groups excluding carboxylic acids is 1. The standard InChI is InChI=1S/C22H27NO4/c1-25-20-9-5-8-18(14-20)10-11-22(24)27-17-21-16-23(12-13-26-21)15-19-6-3-2-4-7-19/h2-9,14,21H,10-13,15-17H2,1H3. The molecule has 1 aliphatic rings. The lowest BCUT2D eigenvalue weighted by Crippen LogP contribution is -2.44. The zero-order chi connectivity index (χ0) is 18.9. The Morgan fingerprint density at radius 3 is 2.78 bits per heavy atom. The third-order valence-electron chi connectivity index (χ3n) is 4.65. The molecule has 5 nitrogen and oxygen atoms in total. The minimum absolute atomic E-state index is 0.0665. The van der Waals surface area contributed by atoms with Crippen LogP contribution in [0, 0.1) is 0 Å². The van der Waals surface area contributed by atoms with Crippen LogP contribution < -0.4 is 4.74 Å². The first kappa shape index (κ1) is 19.4. The molecule has 0 spiro atoms. The van der Waals surface area contributed by atoms with Crippen molar-refractivity contribution in [1.82, 2.24) is 4.90 Å². The van der Waals surface area contributed by atoms with Crippen molar-refractivity contribution in [2.45, 2.75) is 25.5 Å². The summed E-state index contributed by atoms with van der Waals surface area (Å²) in [6.45, 7) is 3.54. The van der Waals surface area contributed by atoms with E-state index in [0.717, 1.165) is 30.9 Å². The van der Waals surface area contributed by atoms with Gasteiger partial charge in [-0.2, -0.15) is 0 Å². The van der Waals surface area contributed by atoms with Crippen LogP contribution in [0.5, 0.6) is 5.75 Å². The largest absolute Gasteiger partial charge is 0.497 e. The summed E-state index contributed by atoms with van der Waals surface area (Å²) in [6, 6.07) is 18.1. The molecule has 0 aliphatic carbocycles. The Kier molecular flexibility index (Phi) is 7.25. The SMILES string of the molecule is COc1cccc(CCC(=O)OCC2CN(Cc3ccccc3)CCO2)c1. The normalized spacial score (nSPS) is 17.4. The molecule has 1 heterocycles. The van der Waals surface area contributed by atoms with Crippen LogP contribution >= 0.6 is 0 Å². The zero-order valence-corrected chi connectivity index (χ0v) is 15.8. The van der Waals surface area contributed by atoms with Gasteiger partial charge in [0.2, 0.25) is 0 Å². The summed E-state index contributed by atoms with van der Waals surface area (Å²) in [5.74, 6) is 0.608. The summed E-state index contributed by atoms with van der Waals surface area (Å²) in [5.41, 5.74) is 2.35. The average Bonchev–Trinajstić information content (AvgIpc) is 2.72. The van der Waals surface area contributed by atoms with Gasteiger partial charge in [0.25, 0.3) is 0 Å². The molecule has 2 aromatic carbocycles. The summed E-state index contributed by atoms with van der Waals surface area (Å²) in [6.07, 6.45) is 0.929. The minimum atomic E-state index is -0.193. The Balaban J connectivity index is 1.39. The molecule has 0 amide bonds. The Morgan fingerprint density at radius 2 is 1.96 bits per heavy atom. The maximum Gasteiger partial charge on any atom is 0.306 e. The Labute approximate surface area is 160 Å². The first-order valence-electron chi connectivity index (χ1n) is 9.39. The molecular formula is C22H27NO4. The van der Waals surface area contributed by atoms with E-state index in [1.165, 1.54) is 5.56 Å². The summed E-state index contributed by atoms with van der Waals surface area (Å²) in [5, 5.41) is 0. The van der Waals surface area contributed by atoms with E-state index >= 15 is 0 Å². The first-order chi connectivity index (χ1) is 13.2. The first-order valence-corrected chi connectivity index (χ1v) is 9.39. The highest BCUT2D eigenvalue weighted by Crippen LogP contribution is 2.15. The molecule has 1 unspecified atom stereocenters. The smallest absolute Gasteiger partial charge is 0.306 e. The number of methoxy groups -OCH3 is 1. The van der Waals surface area contributed by atoms with Gasteiger partial charge in [-0.25, -0.2) is 0 Å². The molecule has 5 heteroatoms. The van der Waals surface area contributed by atoms with Gasteiger partial charge in [0.15, 0.2) is 0 Å². The number of morpholine rings is 1. The maximum atomic E-state index is 12.1. The quantitative estimate of drug-likeness (QED) is 0.670. The second kappa shape index (κ2) is 10.1. The predicted octanol–water partition coefficient (Wildman–Crippen LogP) is 3.07. The fraction of sp³-hybridized carbons (Fsp3) is 0.409. The molecule has 144 valence electrons. The van der Waals surface area contributed by atoms with Gasteiger partial charge in [0.05, 0.1) is 13.7 Å². The van der Waals surface area contributed by atoms with Gasteiger partial charge in [-0.15, -0.1) is 0 Å². The number of nitrogens with zero attached hydrogens (tertiary/aromatic N) is 1. The molecule has 1 fully saturated rings. The number of aryl methyl sites for hydroxylation is 1. The van der Waals surface area contributed by atoms with Crippen molar-refractivity contribution >= 4 is 5.97 Å². The van der Waals surface area contributed by atoms with Gasteiger partial charge in [0, 0.05) is 26.1 Å². The molecule has 27 heavy (non-hydrogen) atoms. The van der Waals surface area contributed by atoms with Crippen LogP contribution in [-0.4, -0.2) is 50.4 Å². The van der Waals surface area contributed by atoms with E-state index in [0.29, 0.717) is 26.1 Å². The molecule has 1 aliphatic heterocycles. The lowest BCUT2D eigenvalue weighted by Gasteiger charge is -2.32. The Bertz CT molecular complexity index is 719. The Hall–Kier alpha value is -2.37. The van der Waals surface area contributed by atoms with Gasteiger partial charge >= 0.3 is 5.97 Å². The molecule has 3 rings (SSSR count). The molecule has 1 atom stereocenters. The molecular weight excluding hydrogens is 342 g/mol. The van der Waals surface area contributed by atoms with Crippen molar-refractivity contribution in [3.63, 3.8) is 0 Å². The third-order valence-corrected chi connectivity index (χ3v) is 4.65. The summed E-state index contributed by atoms with van der Waals surface area (Å²) in [7, 11) is 1.64. The topological polar surface area (TPSA) is 48.0 Å². The van der Waals surface area contributed by atoms with Gasteiger partial charge in [-0.1, -0.05) is 42.5 Å². The number of ether oxygens (including phenoxy) is 3. The summed E-state index contributed by atoms with van der Waals surface area (Å²) < 4.78 is 16.4. The Morgan fingerprint density at radius 1 is 1.15 bits per heavy atom. The number of esters is 1. The van der Waals surface area contributed by atoms with Crippen molar-refractivity contribution in [3.8, 4) is 5.75 Å². The number of rotatable bonds is 8. The molecule has 0 bridgehead atoms. The van der Waals surface area contributed by atoms with Crippen LogP contribution in [0.4, 0.5) is 0 Å². The minimum Gasteiger partial charge on any atom is -0.497 e. The van der Waals surface area contributed by atoms with Crippen molar-refractivity contribution in [2.24, 2.45) is 0 Å². The highest BCUT2D eigenvalue weighted by Gasteiger charge is 2.22. The van der Waals surface area contributed by atoms with Crippen LogP contribution in [-0.2, 0) is 27.2 Å². The van der Waals surface area contributed by atoms with Crippen molar-refractivity contribution in [1.29, 1.82) is 0 Å². The maximum absolute atomic E-state index is 12.1. The van der Waals surface area contributed by atoms with Crippen LogP contribution in [0.25, 0.3) is 0 Å². The third kappa shape index (κ3) is 6.38. The van der Waals surface area contributed by atoms with Gasteiger partial charge in [0.1, 0.15) is 18.5 Å². The molecule has 0 N–H and O–H groups in total. The van der Waals surface area contributed by atoms with E-state index in [4.69, 9.17) is 14.2 Å². The van der Waals surface area contributed by atoms with E-state index in [-0.39, 0.29) is 12.1 Å². The van der Waals surface area contributed by atoms with Crippen LogP contribution in [0.3, 0.4) is 0 Å². The highest BCUT2D eigenvalue weighted by molar-refractivity contribution is 5.69. The molecule has 0 aromatic heterocycles. The predicted molar refractivity (Wildman–Crippen MR) is 104 cm³/mol. The lowest BCUT2D eigenvalue weighted by atomic mass is 10.1. The lowest BCUT2D eigenvalue weighted by molar-refractivity contribution is -0.150. The monoisotopic (exact) mass is 369 g/mol. The average molecular weight is 369 g/mol. The van der Waals surface area contributed by atoms with Crippen molar-refractivity contribution in [2.75, 3.05) is 33.4 Å². The number of benzene rings is 2. The van der Waals surface area contributed by atoms with Gasteiger partial charge in [-0.05, 0) is 29.7 Å². The second-order valence-corrected chi connectivity index (χ2v) is 6.75. The van der Waals surface area contributed by atoms with Crippen molar-refractivity contribution in [3.05, 3.63) is 65.7 Å². The van der Waals surface area contributed by atoms with Gasteiger partial charge in [-0.3, -0.25) is 9.69 Å². The van der Waals surface area contributed by atoms with E-state index in [9.17, 15) is 4.79 Å². The molecule has 0 saturated carbocycles. The summed E-state index contributed by atoms with van der Waals surface area (Å²) in [4.78, 5) is 14.4. The van der Waals surface area contributed by atoms with Gasteiger partial charge < -0.3 is 14.2 Å². The van der Waals surface area contributed by atoms with E-state index < -0.39 is 0 Å². The van der Waals surface area contributed by atoms with Crippen LogP contribution in [0.1, 0.15) is 17.5 Å². The van der Waals surface area contributed by atoms with E-state index in [1.807, 2.05) is 30.3 Å². The van der Waals surface area contributed by atoms with E-state index in [2.05, 4.69) is 29.2 Å². The van der Waals surface area contributed by atoms with Crippen LogP contribution in [0.15, 0.2) is 54.6 Å². The zero-order valence-electron chi connectivity index (χ0n) is 15.8. The summed E-state index contributed by atoms with van der Waals surface area (Å²) >= 11 is 0. The molecule has 0 radical (unpaired) electrons. The van der Waals surface area contributed by atoms with Crippen molar-refractivity contribution < 1.29 is 19.0 Å². The number of hydrogen-bond acceptors (Lipinski definition) is 5. The fourth-order valence-electron chi connectivity index (χ4n) is 3.20. The fourth-order valence-corrected chi connectivity index (χ4v) is 3.20. The van der Waals surface area contributed by atoms with Crippen LogP contribution in [0.2, 0.25) is 0 Å². The van der Waals surface area contributed by atoms with E-state index in [1.54, 1.807) is 7.11 Å². The number of hydrogen-bond donors (Lipinski definition) is 0. The molecule has 1 saturated heterocycles. The highest BCUT2D eigenvalue weighted by atomic mass is 16.6. The number of carbonyl (C=O) groups is 1. The molecule has 2 aromatic rings. The second-order valence-electron chi connectivity index (χ2n) is 6.75.